The highest BCUT2D eigenvalue weighted by Crippen LogP contribution is 2.43. The van der Waals surface area contributed by atoms with Crippen molar-refractivity contribution in [3.8, 4) is 0 Å². The van der Waals surface area contributed by atoms with Crippen LogP contribution in [0.25, 0.3) is 0 Å². The summed E-state index contributed by atoms with van der Waals surface area (Å²) in [5.41, 5.74) is 5.37. The van der Waals surface area contributed by atoms with Gasteiger partial charge in [0.05, 0.1) is 0 Å². The summed E-state index contributed by atoms with van der Waals surface area (Å²) < 4.78 is 0. The Morgan fingerprint density at radius 2 is 2.05 bits per heavy atom. The van der Waals surface area contributed by atoms with Crippen molar-refractivity contribution in [1.29, 1.82) is 0 Å². The number of carbonyl (C=O) groups excluding carboxylic acids is 2. The molecule has 124 valence electrons. The molecule has 0 saturated carbocycles. The molecule has 22 heavy (non-hydrogen) atoms. The number of amides is 2. The van der Waals surface area contributed by atoms with E-state index in [1.165, 1.54) is 6.42 Å². The van der Waals surface area contributed by atoms with Crippen LogP contribution in [0.15, 0.2) is 0 Å². The molecule has 0 spiro atoms. The molecule has 2 bridgehead atoms. The van der Waals surface area contributed by atoms with Gasteiger partial charge in [-0.1, -0.05) is 0 Å². The molecule has 3 saturated heterocycles. The molecule has 3 heterocycles. The van der Waals surface area contributed by atoms with Crippen LogP contribution < -0.4 is 11.1 Å². The molecule has 3 fully saturated rings. The number of nitrogens with two attached hydrogens (primary N) is 1. The second-order valence-electron chi connectivity index (χ2n) is 7.16. The molecule has 0 unspecified atom stereocenters. The van der Waals surface area contributed by atoms with Gasteiger partial charge in [-0.3, -0.25) is 19.4 Å². The highest BCUT2D eigenvalue weighted by atomic mass is 16.2. The van der Waals surface area contributed by atoms with Crippen LogP contribution in [0.2, 0.25) is 0 Å². The number of primary amides is 1. The first-order valence-electron chi connectivity index (χ1n) is 8.57. The third kappa shape index (κ3) is 2.86. The summed E-state index contributed by atoms with van der Waals surface area (Å²) in [6.07, 6.45) is 6.30. The maximum atomic E-state index is 12.0. The van der Waals surface area contributed by atoms with E-state index in [0.29, 0.717) is 6.04 Å². The largest absolute Gasteiger partial charge is 0.368 e. The van der Waals surface area contributed by atoms with Crippen LogP contribution in [0.1, 0.15) is 45.4 Å². The predicted octanol–water partition coefficient (Wildman–Crippen LogP) is 0.0692. The summed E-state index contributed by atoms with van der Waals surface area (Å²) in [5.74, 6) is -0.0825. The topological polar surface area (TPSA) is 78.7 Å². The number of hydrogen-bond acceptors (Lipinski definition) is 4. The average Bonchev–Trinajstić information content (AvgIpc) is 2.96. The molecule has 3 atom stereocenters. The Morgan fingerprint density at radius 3 is 2.77 bits per heavy atom. The second kappa shape index (κ2) is 6.16. The van der Waals surface area contributed by atoms with Crippen LogP contribution in [-0.4, -0.2) is 65.4 Å². The highest BCUT2D eigenvalue weighted by molar-refractivity contribution is 5.85. The van der Waals surface area contributed by atoms with Crippen LogP contribution >= 0.6 is 0 Å². The van der Waals surface area contributed by atoms with E-state index in [4.69, 9.17) is 5.73 Å². The monoisotopic (exact) mass is 308 g/mol. The Balaban J connectivity index is 1.55. The van der Waals surface area contributed by atoms with Crippen molar-refractivity contribution in [3.63, 3.8) is 0 Å². The van der Waals surface area contributed by atoms with Crippen LogP contribution in [0, 0.1) is 0 Å². The number of hydrogen-bond donors (Lipinski definition) is 2. The van der Waals surface area contributed by atoms with Gasteiger partial charge in [-0.2, -0.15) is 0 Å². The number of fused-ring (bicyclic) bond motifs is 2. The average molecular weight is 308 g/mol. The summed E-state index contributed by atoms with van der Waals surface area (Å²) in [4.78, 5) is 28.0. The van der Waals surface area contributed by atoms with E-state index in [2.05, 4.69) is 15.1 Å². The summed E-state index contributed by atoms with van der Waals surface area (Å²) >= 11 is 0. The van der Waals surface area contributed by atoms with Gasteiger partial charge in [-0.15, -0.1) is 0 Å². The third-order valence-corrected chi connectivity index (χ3v) is 5.80. The van der Waals surface area contributed by atoms with Gasteiger partial charge in [0.2, 0.25) is 11.8 Å². The lowest BCUT2D eigenvalue weighted by Crippen LogP contribution is -2.59. The van der Waals surface area contributed by atoms with Gasteiger partial charge >= 0.3 is 0 Å². The maximum Gasteiger partial charge on any atom is 0.237 e. The number of nitrogens with zero attached hydrogens (tertiary/aromatic N) is 2. The Labute approximate surface area is 132 Å². The van der Waals surface area contributed by atoms with E-state index in [1.54, 1.807) is 6.92 Å². The van der Waals surface area contributed by atoms with Crippen LogP contribution in [0.3, 0.4) is 0 Å². The van der Waals surface area contributed by atoms with Crippen molar-refractivity contribution in [3.05, 3.63) is 0 Å². The van der Waals surface area contributed by atoms with Gasteiger partial charge in [0.25, 0.3) is 0 Å². The zero-order chi connectivity index (χ0) is 15.7. The summed E-state index contributed by atoms with van der Waals surface area (Å²) in [6, 6.07) is 0.815. The first-order chi connectivity index (χ1) is 10.5. The van der Waals surface area contributed by atoms with Crippen molar-refractivity contribution >= 4 is 11.8 Å². The number of piperidine rings is 1. The van der Waals surface area contributed by atoms with E-state index in [-0.39, 0.29) is 23.4 Å². The molecule has 3 aliphatic rings. The van der Waals surface area contributed by atoms with Gasteiger partial charge in [-0.25, -0.2) is 0 Å². The van der Waals surface area contributed by atoms with E-state index in [1.807, 2.05) is 0 Å². The molecule has 3 rings (SSSR count). The Bertz CT molecular complexity index is 451. The SMILES string of the molecule is CC(=O)N[C@H]1CCN(CCN2[C@@H]3CCC[C@@]2(C(N)=O)CC3)C1. The minimum atomic E-state index is -0.375. The summed E-state index contributed by atoms with van der Waals surface area (Å²) in [7, 11) is 0. The molecular formula is C16H28N4O2. The lowest BCUT2D eigenvalue weighted by atomic mass is 9.87. The Morgan fingerprint density at radius 1 is 1.23 bits per heavy atom. The molecule has 6 nitrogen and oxygen atoms in total. The third-order valence-electron chi connectivity index (χ3n) is 5.80. The smallest absolute Gasteiger partial charge is 0.237 e. The molecular weight excluding hydrogens is 280 g/mol. The zero-order valence-electron chi connectivity index (χ0n) is 13.5. The highest BCUT2D eigenvalue weighted by Gasteiger charge is 2.52. The van der Waals surface area contributed by atoms with Crippen LogP contribution in [0.4, 0.5) is 0 Å². The maximum absolute atomic E-state index is 12.0. The van der Waals surface area contributed by atoms with Gasteiger partial charge < -0.3 is 11.1 Å². The number of rotatable bonds is 5. The Hall–Kier alpha value is -1.14. The number of carbonyl (C=O) groups is 2. The fourth-order valence-electron chi connectivity index (χ4n) is 4.73. The van der Waals surface area contributed by atoms with E-state index >= 15 is 0 Å². The lowest BCUT2D eigenvalue weighted by Gasteiger charge is -2.43. The number of likely N-dealkylation sites (tertiary alicyclic amines) is 1. The van der Waals surface area contributed by atoms with Gasteiger partial charge in [0, 0.05) is 45.2 Å². The molecule has 6 heteroatoms. The fraction of sp³-hybridized carbons (Fsp3) is 0.875. The van der Waals surface area contributed by atoms with Crippen molar-refractivity contribution < 1.29 is 9.59 Å². The van der Waals surface area contributed by atoms with E-state index in [0.717, 1.165) is 58.3 Å². The van der Waals surface area contributed by atoms with Gasteiger partial charge in [-0.05, 0) is 38.5 Å². The van der Waals surface area contributed by atoms with Crippen LogP contribution in [-0.2, 0) is 9.59 Å². The van der Waals surface area contributed by atoms with E-state index in [9.17, 15) is 9.59 Å². The lowest BCUT2D eigenvalue weighted by molar-refractivity contribution is -0.131. The van der Waals surface area contributed by atoms with Crippen molar-refractivity contribution in [2.75, 3.05) is 26.2 Å². The molecule has 0 radical (unpaired) electrons. The first-order valence-corrected chi connectivity index (χ1v) is 8.57. The standard InChI is InChI=1S/C16H28N4O2/c1-12(21)18-13-5-8-19(11-13)9-10-20-14-3-2-6-16(20,7-4-14)15(17)22/h13-14H,2-11H2,1H3,(H2,17,22)(H,18,21)/t13-,14+,16-/m0/s1. The number of nitrogens with one attached hydrogen (secondary N) is 1. The molecule has 3 N–H and O–H groups in total. The molecule has 3 aliphatic heterocycles. The minimum absolute atomic E-state index is 0.0496. The molecule has 0 aliphatic carbocycles. The minimum Gasteiger partial charge on any atom is -0.368 e. The molecule has 0 aromatic carbocycles. The second-order valence-corrected chi connectivity index (χ2v) is 7.16. The van der Waals surface area contributed by atoms with Crippen molar-refractivity contribution in [2.45, 2.75) is 63.1 Å². The zero-order valence-corrected chi connectivity index (χ0v) is 13.5. The normalized spacial score (nSPS) is 35.7. The summed E-state index contributed by atoms with van der Waals surface area (Å²) in [6.45, 7) is 5.39. The van der Waals surface area contributed by atoms with Gasteiger partial charge in [0.1, 0.15) is 5.54 Å². The summed E-state index contributed by atoms with van der Waals surface area (Å²) in [5, 5.41) is 3.00. The van der Waals surface area contributed by atoms with Crippen LogP contribution in [0.5, 0.6) is 0 Å². The van der Waals surface area contributed by atoms with E-state index < -0.39 is 0 Å². The van der Waals surface area contributed by atoms with Crippen molar-refractivity contribution in [1.82, 2.24) is 15.1 Å². The predicted molar refractivity (Wildman–Crippen MR) is 84.2 cm³/mol. The first kappa shape index (κ1) is 15.7. The molecule has 0 aromatic rings. The molecule has 0 aromatic heterocycles. The Kier molecular flexibility index (Phi) is 4.41. The fourth-order valence-corrected chi connectivity index (χ4v) is 4.73. The molecule has 2 amide bonds. The van der Waals surface area contributed by atoms with Gasteiger partial charge in [0.15, 0.2) is 0 Å². The van der Waals surface area contributed by atoms with Crippen molar-refractivity contribution in [2.24, 2.45) is 5.73 Å². The quantitative estimate of drug-likeness (QED) is 0.753.